The summed E-state index contributed by atoms with van der Waals surface area (Å²) in [6.45, 7) is 0.368. The lowest BCUT2D eigenvalue weighted by atomic mass is 10.1. The minimum atomic E-state index is -3.57. The van der Waals surface area contributed by atoms with E-state index in [0.29, 0.717) is 6.54 Å². The van der Waals surface area contributed by atoms with Crippen LogP contribution in [0.3, 0.4) is 0 Å². The highest BCUT2D eigenvalue weighted by molar-refractivity contribution is 14.1. The summed E-state index contributed by atoms with van der Waals surface area (Å²) in [4.78, 5) is 17.6. The van der Waals surface area contributed by atoms with Gasteiger partial charge < -0.3 is 4.90 Å². The lowest BCUT2D eigenvalue weighted by Crippen LogP contribution is -2.26. The van der Waals surface area contributed by atoms with Crippen molar-refractivity contribution in [3.63, 3.8) is 0 Å². The minimum absolute atomic E-state index is 0.0915. The Bertz CT molecular complexity index is 578. The van der Waals surface area contributed by atoms with Crippen LogP contribution in [0, 0.1) is 9.62 Å². The number of nitrogens with zero attached hydrogens (tertiary/aromatic N) is 2. The Hall–Kier alpha value is -0.410. The van der Waals surface area contributed by atoms with Crippen molar-refractivity contribution in [3.8, 4) is 0 Å². The second-order valence-electron chi connectivity index (χ2n) is 4.09. The molecule has 1 aromatic heterocycles. The molecule has 1 saturated heterocycles. The molecule has 1 aliphatic heterocycles. The quantitative estimate of drug-likeness (QED) is 0.439. The van der Waals surface area contributed by atoms with Gasteiger partial charge in [0, 0.05) is 35.8 Å². The summed E-state index contributed by atoms with van der Waals surface area (Å²) in [6.07, 6.45) is 1.85. The van der Waals surface area contributed by atoms with E-state index in [2.05, 4.69) is 4.98 Å². The zero-order valence-corrected chi connectivity index (χ0v) is 12.9. The van der Waals surface area contributed by atoms with Crippen molar-refractivity contribution in [2.24, 2.45) is 5.92 Å². The molecule has 0 aromatic carbocycles. The van der Waals surface area contributed by atoms with Crippen molar-refractivity contribution < 1.29 is 13.2 Å². The first kappa shape index (κ1) is 14.0. The number of hydrogen-bond acceptors (Lipinski definition) is 4. The van der Waals surface area contributed by atoms with Gasteiger partial charge in [0.05, 0.1) is 11.4 Å². The van der Waals surface area contributed by atoms with Gasteiger partial charge in [0.15, 0.2) is 0 Å². The molecule has 0 N–H and O–H groups in total. The Balaban J connectivity index is 2.18. The van der Waals surface area contributed by atoms with Gasteiger partial charge in [-0.1, -0.05) is 0 Å². The summed E-state index contributed by atoms with van der Waals surface area (Å²) in [5.41, 5.74) is 0.720. The fraction of sp³-hybridized carbons (Fsp3) is 0.400. The molecule has 1 atom stereocenters. The molecule has 0 bridgehead atoms. The van der Waals surface area contributed by atoms with Crippen LogP contribution in [0.25, 0.3) is 0 Å². The normalized spacial score (nSPS) is 20.4. The first-order valence-electron chi connectivity index (χ1n) is 5.20. The molecule has 1 fully saturated rings. The highest BCUT2D eigenvalue weighted by Gasteiger charge is 2.34. The number of anilines is 1. The monoisotopic (exact) mass is 400 g/mol. The van der Waals surface area contributed by atoms with Crippen molar-refractivity contribution >= 4 is 53.9 Å². The van der Waals surface area contributed by atoms with Crippen LogP contribution in [0.4, 0.5) is 5.69 Å². The van der Waals surface area contributed by atoms with E-state index in [4.69, 9.17) is 10.7 Å². The molecule has 8 heteroatoms. The van der Waals surface area contributed by atoms with Gasteiger partial charge in [-0.2, -0.15) is 0 Å². The smallest absolute Gasteiger partial charge is 0.232 e. The van der Waals surface area contributed by atoms with Crippen LogP contribution < -0.4 is 4.90 Å². The predicted octanol–water partition coefficient (Wildman–Crippen LogP) is 1.61. The molecule has 0 radical (unpaired) electrons. The highest BCUT2D eigenvalue weighted by Crippen LogP contribution is 2.28. The summed E-state index contributed by atoms with van der Waals surface area (Å²) in [5.74, 6) is -0.518. The summed E-state index contributed by atoms with van der Waals surface area (Å²) in [5, 5.41) is 0. The first-order chi connectivity index (χ1) is 8.37. The lowest BCUT2D eigenvalue weighted by molar-refractivity contribution is -0.117. The van der Waals surface area contributed by atoms with Crippen LogP contribution in [0.2, 0.25) is 0 Å². The molecule has 0 saturated carbocycles. The standard InChI is InChI=1S/C10H10ClIN2O3S/c11-18(16,17)6-7-4-9(15)14(5-7)8-2-1-3-13-10(8)12/h1-3,7H,4-6H2. The molecular weight excluding hydrogens is 391 g/mol. The number of rotatable bonds is 3. The van der Waals surface area contributed by atoms with Crippen molar-refractivity contribution in [2.75, 3.05) is 17.2 Å². The van der Waals surface area contributed by atoms with E-state index >= 15 is 0 Å². The number of halogens is 2. The van der Waals surface area contributed by atoms with Crippen molar-refractivity contribution in [3.05, 3.63) is 22.0 Å². The van der Waals surface area contributed by atoms with E-state index in [9.17, 15) is 13.2 Å². The molecule has 98 valence electrons. The van der Waals surface area contributed by atoms with Crippen LogP contribution in [0.15, 0.2) is 18.3 Å². The molecule has 2 rings (SSSR count). The fourth-order valence-electron chi connectivity index (χ4n) is 1.99. The second-order valence-corrected chi connectivity index (χ2v) is 7.94. The maximum Gasteiger partial charge on any atom is 0.232 e. The Morgan fingerprint density at radius 2 is 2.28 bits per heavy atom. The number of hydrogen-bond donors (Lipinski definition) is 0. The zero-order chi connectivity index (χ0) is 13.3. The largest absolute Gasteiger partial charge is 0.310 e. The number of carbonyl (C=O) groups excluding carboxylic acids is 1. The summed E-state index contributed by atoms with van der Waals surface area (Å²) in [7, 11) is 1.64. The maximum absolute atomic E-state index is 11.9. The average molecular weight is 401 g/mol. The average Bonchev–Trinajstić information content (AvgIpc) is 2.57. The van der Waals surface area contributed by atoms with Gasteiger partial charge in [-0.15, -0.1) is 0 Å². The third-order valence-corrected chi connectivity index (χ3v) is 4.75. The van der Waals surface area contributed by atoms with E-state index in [0.717, 1.165) is 9.39 Å². The van der Waals surface area contributed by atoms with E-state index in [1.807, 2.05) is 22.6 Å². The summed E-state index contributed by atoms with van der Waals surface area (Å²) in [6, 6.07) is 3.54. The lowest BCUT2D eigenvalue weighted by Gasteiger charge is -2.17. The molecule has 0 aliphatic carbocycles. The van der Waals surface area contributed by atoms with Gasteiger partial charge in [-0.05, 0) is 34.7 Å². The molecule has 1 aromatic rings. The SMILES string of the molecule is O=C1CC(CS(=O)(=O)Cl)CN1c1cccnc1I. The Morgan fingerprint density at radius 1 is 1.56 bits per heavy atom. The molecular formula is C10H10ClIN2O3S. The van der Waals surface area contributed by atoms with Gasteiger partial charge in [-0.3, -0.25) is 4.79 Å². The minimum Gasteiger partial charge on any atom is -0.310 e. The molecule has 2 heterocycles. The number of amides is 1. The zero-order valence-electron chi connectivity index (χ0n) is 9.21. The molecule has 1 amide bonds. The van der Waals surface area contributed by atoms with Crippen LogP contribution in [0.5, 0.6) is 0 Å². The van der Waals surface area contributed by atoms with Crippen LogP contribution >= 0.6 is 33.3 Å². The van der Waals surface area contributed by atoms with Gasteiger partial charge in [0.1, 0.15) is 3.70 Å². The predicted molar refractivity (Wildman–Crippen MR) is 77.1 cm³/mol. The highest BCUT2D eigenvalue weighted by atomic mass is 127. The number of carbonyl (C=O) groups is 1. The Morgan fingerprint density at radius 3 is 2.89 bits per heavy atom. The van der Waals surface area contributed by atoms with Gasteiger partial charge in [0.2, 0.25) is 15.0 Å². The molecule has 1 aliphatic rings. The van der Waals surface area contributed by atoms with E-state index < -0.39 is 9.05 Å². The van der Waals surface area contributed by atoms with Crippen LogP contribution in [-0.2, 0) is 13.8 Å². The number of aromatic nitrogens is 1. The molecule has 5 nitrogen and oxygen atoms in total. The van der Waals surface area contributed by atoms with Crippen molar-refractivity contribution in [2.45, 2.75) is 6.42 Å². The molecule has 1 unspecified atom stereocenters. The molecule has 18 heavy (non-hydrogen) atoms. The van der Waals surface area contributed by atoms with Crippen molar-refractivity contribution in [1.29, 1.82) is 0 Å². The number of pyridine rings is 1. The maximum atomic E-state index is 11.9. The van der Waals surface area contributed by atoms with Gasteiger partial charge in [0.25, 0.3) is 0 Å². The molecule has 0 spiro atoms. The third kappa shape index (κ3) is 3.33. The van der Waals surface area contributed by atoms with E-state index in [1.54, 1.807) is 23.2 Å². The van der Waals surface area contributed by atoms with Crippen LogP contribution in [-0.4, -0.2) is 31.6 Å². The summed E-state index contributed by atoms with van der Waals surface area (Å²) < 4.78 is 22.8. The Kier molecular flexibility index (Phi) is 4.12. The van der Waals surface area contributed by atoms with E-state index in [-0.39, 0.29) is 24.0 Å². The summed E-state index contributed by atoms with van der Waals surface area (Å²) >= 11 is 2.05. The first-order valence-corrected chi connectivity index (χ1v) is 8.76. The van der Waals surface area contributed by atoms with Crippen LogP contribution in [0.1, 0.15) is 6.42 Å². The van der Waals surface area contributed by atoms with Crippen molar-refractivity contribution in [1.82, 2.24) is 4.98 Å². The Labute approximate surface area is 123 Å². The second kappa shape index (κ2) is 5.30. The van der Waals surface area contributed by atoms with Gasteiger partial charge >= 0.3 is 0 Å². The fourth-order valence-corrected chi connectivity index (χ4v) is 3.94. The van der Waals surface area contributed by atoms with Gasteiger partial charge in [-0.25, -0.2) is 13.4 Å². The third-order valence-electron chi connectivity index (χ3n) is 2.67. The topological polar surface area (TPSA) is 67.3 Å². The van der Waals surface area contributed by atoms with E-state index in [1.165, 1.54) is 0 Å².